The number of aldehydes is 1. The highest BCUT2D eigenvalue weighted by atomic mass is 35.5. The minimum Gasteiger partial charge on any atom is -0.455 e. The van der Waals surface area contributed by atoms with Gasteiger partial charge in [0.25, 0.3) is 5.69 Å². The van der Waals surface area contributed by atoms with Gasteiger partial charge in [0.2, 0.25) is 0 Å². The van der Waals surface area contributed by atoms with Crippen LogP contribution in [0, 0.1) is 17.0 Å². The smallest absolute Gasteiger partial charge is 0.271 e. The highest BCUT2D eigenvalue weighted by Crippen LogP contribution is 2.33. The first-order chi connectivity index (χ1) is 9.51. The van der Waals surface area contributed by atoms with Crippen molar-refractivity contribution in [2.45, 2.75) is 6.92 Å². The molecule has 5 nitrogen and oxygen atoms in total. The van der Waals surface area contributed by atoms with Gasteiger partial charge in [-0.1, -0.05) is 23.7 Å². The molecule has 0 saturated heterocycles. The topological polar surface area (TPSA) is 69.4 Å². The van der Waals surface area contributed by atoms with Crippen LogP contribution in [0.25, 0.3) is 0 Å². The van der Waals surface area contributed by atoms with E-state index in [1.165, 1.54) is 18.2 Å². The van der Waals surface area contributed by atoms with E-state index in [2.05, 4.69) is 0 Å². The van der Waals surface area contributed by atoms with Crippen molar-refractivity contribution in [2.75, 3.05) is 0 Å². The first kappa shape index (κ1) is 14.0. The number of hydrogen-bond acceptors (Lipinski definition) is 4. The fourth-order valence-electron chi connectivity index (χ4n) is 1.60. The summed E-state index contributed by atoms with van der Waals surface area (Å²) in [6.45, 7) is 1.82. The molecule has 0 aromatic heterocycles. The SMILES string of the molecule is Cc1ccc(C=O)cc1Oc1ccc([N+](=O)[O-])cc1Cl. The van der Waals surface area contributed by atoms with E-state index in [0.717, 1.165) is 5.56 Å². The van der Waals surface area contributed by atoms with E-state index < -0.39 is 4.92 Å². The van der Waals surface area contributed by atoms with Crippen LogP contribution >= 0.6 is 11.6 Å². The summed E-state index contributed by atoms with van der Waals surface area (Å²) < 4.78 is 5.60. The van der Waals surface area contributed by atoms with Gasteiger partial charge in [-0.3, -0.25) is 14.9 Å². The minimum atomic E-state index is -0.534. The summed E-state index contributed by atoms with van der Waals surface area (Å²) in [5, 5.41) is 10.8. The molecule has 0 atom stereocenters. The molecule has 0 aliphatic carbocycles. The van der Waals surface area contributed by atoms with Gasteiger partial charge in [-0.15, -0.1) is 0 Å². The highest BCUT2D eigenvalue weighted by Gasteiger charge is 2.12. The van der Waals surface area contributed by atoms with Gasteiger partial charge >= 0.3 is 0 Å². The van der Waals surface area contributed by atoms with Crippen LogP contribution in [0.2, 0.25) is 5.02 Å². The third kappa shape index (κ3) is 2.95. The van der Waals surface area contributed by atoms with Gasteiger partial charge in [-0.25, -0.2) is 0 Å². The lowest BCUT2D eigenvalue weighted by molar-refractivity contribution is -0.384. The zero-order valence-corrected chi connectivity index (χ0v) is 11.3. The molecule has 6 heteroatoms. The van der Waals surface area contributed by atoms with E-state index in [-0.39, 0.29) is 10.7 Å². The predicted molar refractivity (Wildman–Crippen MR) is 74.7 cm³/mol. The minimum absolute atomic E-state index is 0.110. The van der Waals surface area contributed by atoms with Crippen LogP contribution in [-0.2, 0) is 0 Å². The second-order valence-electron chi connectivity index (χ2n) is 4.12. The average molecular weight is 292 g/mol. The molecule has 0 aliphatic rings. The molecule has 20 heavy (non-hydrogen) atoms. The zero-order chi connectivity index (χ0) is 14.7. The van der Waals surface area contributed by atoms with Crippen molar-refractivity contribution in [2.24, 2.45) is 0 Å². The molecular formula is C14H10ClNO4. The van der Waals surface area contributed by atoms with Crippen LogP contribution in [0.3, 0.4) is 0 Å². The number of ether oxygens (including phenoxy) is 1. The van der Waals surface area contributed by atoms with E-state index in [9.17, 15) is 14.9 Å². The fourth-order valence-corrected chi connectivity index (χ4v) is 1.82. The number of carbonyl (C=O) groups is 1. The predicted octanol–water partition coefficient (Wildman–Crippen LogP) is 4.16. The number of non-ortho nitro benzene ring substituents is 1. The van der Waals surface area contributed by atoms with Crippen LogP contribution in [-0.4, -0.2) is 11.2 Å². The average Bonchev–Trinajstić information content (AvgIpc) is 2.43. The quantitative estimate of drug-likeness (QED) is 0.482. The Morgan fingerprint density at radius 3 is 2.55 bits per heavy atom. The van der Waals surface area contributed by atoms with Crippen molar-refractivity contribution < 1.29 is 14.5 Å². The molecule has 0 amide bonds. The number of benzene rings is 2. The van der Waals surface area contributed by atoms with Crippen LogP contribution in [0.4, 0.5) is 5.69 Å². The maximum absolute atomic E-state index is 10.8. The largest absolute Gasteiger partial charge is 0.455 e. The third-order valence-electron chi connectivity index (χ3n) is 2.69. The molecular weight excluding hydrogens is 282 g/mol. The molecule has 0 spiro atoms. The van der Waals surface area contributed by atoms with Crippen LogP contribution < -0.4 is 4.74 Å². The van der Waals surface area contributed by atoms with E-state index in [1.54, 1.807) is 18.2 Å². The summed E-state index contributed by atoms with van der Waals surface area (Å²) >= 11 is 5.95. The first-order valence-corrected chi connectivity index (χ1v) is 6.06. The van der Waals surface area contributed by atoms with Crippen molar-refractivity contribution in [3.63, 3.8) is 0 Å². The van der Waals surface area contributed by atoms with Gasteiger partial charge in [-0.2, -0.15) is 0 Å². The molecule has 102 valence electrons. The Balaban J connectivity index is 2.35. The lowest BCUT2D eigenvalue weighted by atomic mass is 10.1. The monoisotopic (exact) mass is 291 g/mol. The van der Waals surface area contributed by atoms with Crippen molar-refractivity contribution in [3.05, 3.63) is 62.7 Å². The molecule has 2 rings (SSSR count). The third-order valence-corrected chi connectivity index (χ3v) is 2.99. The number of rotatable bonds is 4. The summed E-state index contributed by atoms with van der Waals surface area (Å²) in [5.74, 6) is 0.772. The van der Waals surface area contributed by atoms with Gasteiger partial charge in [0.05, 0.1) is 9.95 Å². The molecule has 2 aromatic rings. The summed E-state index contributed by atoms with van der Waals surface area (Å²) in [4.78, 5) is 20.8. The summed E-state index contributed by atoms with van der Waals surface area (Å²) in [6, 6.07) is 8.95. The van der Waals surface area contributed by atoms with Gasteiger partial charge in [-0.05, 0) is 24.6 Å². The Morgan fingerprint density at radius 2 is 1.95 bits per heavy atom. The van der Waals surface area contributed by atoms with Crippen LogP contribution in [0.5, 0.6) is 11.5 Å². The number of carbonyl (C=O) groups excluding carboxylic acids is 1. The Hall–Kier alpha value is -2.40. The standard InChI is InChI=1S/C14H10ClNO4/c1-9-2-3-10(8-17)6-14(9)20-13-5-4-11(16(18)19)7-12(13)15/h2-8H,1H3. The maximum Gasteiger partial charge on any atom is 0.271 e. The van der Waals surface area contributed by atoms with Crippen molar-refractivity contribution in [1.29, 1.82) is 0 Å². The van der Waals surface area contributed by atoms with Gasteiger partial charge in [0.15, 0.2) is 0 Å². The number of halogens is 1. The number of nitro benzene ring substituents is 1. The van der Waals surface area contributed by atoms with E-state index in [0.29, 0.717) is 23.3 Å². The Morgan fingerprint density at radius 1 is 1.20 bits per heavy atom. The number of nitrogens with zero attached hydrogens (tertiary/aromatic N) is 1. The number of nitro groups is 1. The summed E-state index contributed by atoms with van der Waals surface area (Å²) in [7, 11) is 0. The first-order valence-electron chi connectivity index (χ1n) is 5.69. The maximum atomic E-state index is 10.8. The Kier molecular flexibility index (Phi) is 4.00. The highest BCUT2D eigenvalue weighted by molar-refractivity contribution is 6.32. The Bertz CT molecular complexity index is 685. The lowest BCUT2D eigenvalue weighted by Crippen LogP contribution is -1.92. The molecule has 0 N–H and O–H groups in total. The second kappa shape index (κ2) is 5.71. The molecule has 0 radical (unpaired) electrons. The number of aryl methyl sites for hydroxylation is 1. The van der Waals surface area contributed by atoms with E-state index in [1.807, 2.05) is 6.92 Å². The van der Waals surface area contributed by atoms with Gasteiger partial charge < -0.3 is 4.74 Å². The lowest BCUT2D eigenvalue weighted by Gasteiger charge is -2.10. The van der Waals surface area contributed by atoms with Crippen LogP contribution in [0.1, 0.15) is 15.9 Å². The van der Waals surface area contributed by atoms with Gasteiger partial charge in [0.1, 0.15) is 17.8 Å². The summed E-state index contributed by atoms with van der Waals surface area (Å²) in [6.07, 6.45) is 0.712. The molecule has 0 heterocycles. The summed E-state index contributed by atoms with van der Waals surface area (Å²) in [5.41, 5.74) is 1.19. The molecule has 2 aromatic carbocycles. The normalized spacial score (nSPS) is 10.1. The van der Waals surface area contributed by atoms with E-state index in [4.69, 9.17) is 16.3 Å². The van der Waals surface area contributed by atoms with Crippen molar-refractivity contribution in [3.8, 4) is 11.5 Å². The molecule has 0 unspecified atom stereocenters. The number of hydrogen-bond donors (Lipinski definition) is 0. The second-order valence-corrected chi connectivity index (χ2v) is 4.52. The molecule has 0 aliphatic heterocycles. The molecule has 0 fully saturated rings. The fraction of sp³-hybridized carbons (Fsp3) is 0.0714. The van der Waals surface area contributed by atoms with Crippen molar-refractivity contribution in [1.82, 2.24) is 0 Å². The zero-order valence-electron chi connectivity index (χ0n) is 10.5. The van der Waals surface area contributed by atoms with Gasteiger partial charge in [0, 0.05) is 17.7 Å². The molecule has 0 bridgehead atoms. The van der Waals surface area contributed by atoms with E-state index >= 15 is 0 Å². The van der Waals surface area contributed by atoms with Crippen LogP contribution in [0.15, 0.2) is 36.4 Å². The molecule has 0 saturated carbocycles. The Labute approximate surface area is 119 Å². The van der Waals surface area contributed by atoms with Crippen molar-refractivity contribution >= 4 is 23.6 Å².